The first kappa shape index (κ1) is 17.1. The minimum atomic E-state index is 0.190. The van der Waals surface area contributed by atoms with Gasteiger partial charge < -0.3 is 5.32 Å². The van der Waals surface area contributed by atoms with Crippen molar-refractivity contribution in [2.75, 3.05) is 12.3 Å². The lowest BCUT2D eigenvalue weighted by Gasteiger charge is -2.19. The largest absolute Gasteiger partial charge is 0.305 e. The van der Waals surface area contributed by atoms with Crippen LogP contribution in [-0.2, 0) is 0 Å². The van der Waals surface area contributed by atoms with Gasteiger partial charge in [-0.15, -0.1) is 0 Å². The Bertz CT molecular complexity index is 470. The third kappa shape index (κ3) is 5.20. The number of halogens is 1. The van der Waals surface area contributed by atoms with E-state index in [1.807, 2.05) is 32.0 Å². The summed E-state index contributed by atoms with van der Waals surface area (Å²) in [6, 6.07) is 18.6. The predicted octanol–water partition coefficient (Wildman–Crippen LogP) is 4.98. The van der Waals surface area contributed by atoms with E-state index < -0.39 is 0 Å². The maximum absolute atomic E-state index is 5.93. The molecule has 0 bridgehead atoms. The number of hydrogen-bond donors (Lipinski definition) is 2. The molecule has 1 nitrogen and oxygen atoms in total. The van der Waals surface area contributed by atoms with E-state index in [0.29, 0.717) is 0 Å². The molecule has 0 aromatic heterocycles. The second-order valence-corrected chi connectivity index (χ2v) is 4.96. The molecule has 1 unspecified atom stereocenters. The van der Waals surface area contributed by atoms with Gasteiger partial charge in [0.05, 0.1) is 6.04 Å². The second kappa shape index (κ2) is 9.87. The van der Waals surface area contributed by atoms with Gasteiger partial charge in [-0.3, -0.25) is 0 Å². The van der Waals surface area contributed by atoms with Crippen molar-refractivity contribution in [3.8, 4) is 0 Å². The fourth-order valence-electron chi connectivity index (χ4n) is 1.94. The predicted molar refractivity (Wildman–Crippen MR) is 92.9 cm³/mol. The zero-order valence-corrected chi connectivity index (χ0v) is 13.7. The third-order valence-corrected chi connectivity index (χ3v) is 3.27. The van der Waals surface area contributed by atoms with E-state index in [1.165, 1.54) is 11.1 Å². The van der Waals surface area contributed by atoms with E-state index in [0.717, 1.165) is 17.3 Å². The molecule has 0 aliphatic carbocycles. The minimum absolute atomic E-state index is 0.190. The van der Waals surface area contributed by atoms with Gasteiger partial charge in [-0.25, -0.2) is 0 Å². The summed E-state index contributed by atoms with van der Waals surface area (Å²) in [5.41, 5.74) is 2.47. The number of hydrogen-bond acceptors (Lipinski definition) is 2. The fraction of sp³-hybridized carbons (Fsp3) is 0.294. The van der Waals surface area contributed by atoms with Crippen molar-refractivity contribution < 1.29 is 0 Å². The molecule has 0 spiro atoms. The zero-order valence-electron chi connectivity index (χ0n) is 12.0. The van der Waals surface area contributed by atoms with Gasteiger partial charge in [0.25, 0.3) is 0 Å². The van der Waals surface area contributed by atoms with E-state index in [9.17, 15) is 0 Å². The maximum atomic E-state index is 5.93. The molecule has 2 rings (SSSR count). The van der Waals surface area contributed by atoms with Crippen molar-refractivity contribution >= 4 is 24.2 Å². The molecule has 0 saturated carbocycles. The zero-order chi connectivity index (χ0) is 14.8. The van der Waals surface area contributed by atoms with E-state index in [4.69, 9.17) is 11.6 Å². The summed E-state index contributed by atoms with van der Waals surface area (Å²) in [7, 11) is 0. The normalized spacial score (nSPS) is 11.4. The fourth-order valence-corrected chi connectivity index (χ4v) is 2.19. The Balaban J connectivity index is 0.000000956. The molecule has 2 aromatic rings. The van der Waals surface area contributed by atoms with Crippen LogP contribution in [0.25, 0.3) is 0 Å². The minimum Gasteiger partial charge on any atom is -0.305 e. The van der Waals surface area contributed by atoms with Crippen LogP contribution in [0.2, 0.25) is 5.02 Å². The Hall–Kier alpha value is -0.960. The van der Waals surface area contributed by atoms with Crippen LogP contribution in [0.3, 0.4) is 0 Å². The van der Waals surface area contributed by atoms with Gasteiger partial charge in [-0.05, 0) is 23.3 Å². The van der Waals surface area contributed by atoms with Gasteiger partial charge in [-0.2, -0.15) is 12.6 Å². The van der Waals surface area contributed by atoms with Crippen molar-refractivity contribution in [1.82, 2.24) is 5.32 Å². The molecular formula is C17H22ClNS. The highest BCUT2D eigenvalue weighted by Gasteiger charge is 2.12. The highest BCUT2D eigenvalue weighted by atomic mass is 35.5. The van der Waals surface area contributed by atoms with E-state index >= 15 is 0 Å². The second-order valence-electron chi connectivity index (χ2n) is 4.07. The van der Waals surface area contributed by atoms with Crippen LogP contribution in [0.5, 0.6) is 0 Å². The number of nitrogens with one attached hydrogen (secondary N) is 1. The van der Waals surface area contributed by atoms with Crippen molar-refractivity contribution in [1.29, 1.82) is 0 Å². The number of rotatable bonds is 5. The highest BCUT2D eigenvalue weighted by Crippen LogP contribution is 2.23. The summed E-state index contributed by atoms with van der Waals surface area (Å²) in [4.78, 5) is 0. The molecule has 0 fully saturated rings. The van der Waals surface area contributed by atoms with Crippen LogP contribution in [0.15, 0.2) is 54.6 Å². The summed E-state index contributed by atoms with van der Waals surface area (Å²) in [5.74, 6) is 0.816. The van der Waals surface area contributed by atoms with Crippen LogP contribution in [-0.4, -0.2) is 12.3 Å². The first-order chi connectivity index (χ1) is 9.81. The average Bonchev–Trinajstić information content (AvgIpc) is 2.52. The van der Waals surface area contributed by atoms with Gasteiger partial charge in [-0.1, -0.05) is 67.9 Å². The van der Waals surface area contributed by atoms with Crippen molar-refractivity contribution in [2.24, 2.45) is 0 Å². The van der Waals surface area contributed by atoms with Crippen LogP contribution in [0.1, 0.15) is 31.0 Å². The molecule has 0 heterocycles. The molecular weight excluding hydrogens is 286 g/mol. The third-order valence-electron chi connectivity index (χ3n) is 2.80. The molecule has 1 atom stereocenters. The first-order valence-corrected chi connectivity index (χ1v) is 7.97. The molecule has 108 valence electrons. The standard InChI is InChI=1S/C15H16ClNS.C2H6/c16-14-8-6-13(7-9-14)15(17-10-11-18)12-4-2-1-3-5-12;1-2/h1-9,15,17-18H,10-11H2;1-2H3. The van der Waals surface area contributed by atoms with Gasteiger partial charge >= 0.3 is 0 Å². The smallest absolute Gasteiger partial charge is 0.0577 e. The summed E-state index contributed by atoms with van der Waals surface area (Å²) in [6.07, 6.45) is 0. The molecule has 0 aliphatic rings. The average molecular weight is 308 g/mol. The van der Waals surface area contributed by atoms with E-state index in [1.54, 1.807) is 0 Å². The Kier molecular flexibility index (Phi) is 8.43. The molecule has 20 heavy (non-hydrogen) atoms. The summed E-state index contributed by atoms with van der Waals surface area (Å²) >= 11 is 10.2. The van der Waals surface area contributed by atoms with Crippen LogP contribution in [0, 0.1) is 0 Å². The molecule has 0 radical (unpaired) electrons. The quantitative estimate of drug-likeness (QED) is 0.743. The van der Waals surface area contributed by atoms with Crippen LogP contribution in [0.4, 0.5) is 0 Å². The summed E-state index contributed by atoms with van der Waals surface area (Å²) < 4.78 is 0. The molecule has 0 amide bonds. The topological polar surface area (TPSA) is 12.0 Å². The Morgan fingerprint density at radius 3 is 2.05 bits per heavy atom. The van der Waals surface area contributed by atoms with E-state index in [2.05, 4.69) is 54.3 Å². The van der Waals surface area contributed by atoms with Crippen LogP contribution < -0.4 is 5.32 Å². The van der Waals surface area contributed by atoms with Gasteiger partial charge in [0.15, 0.2) is 0 Å². The maximum Gasteiger partial charge on any atom is 0.0577 e. The molecule has 0 aliphatic heterocycles. The highest BCUT2D eigenvalue weighted by molar-refractivity contribution is 7.80. The van der Waals surface area contributed by atoms with Gasteiger partial charge in [0.2, 0.25) is 0 Å². The van der Waals surface area contributed by atoms with Crippen molar-refractivity contribution in [3.05, 3.63) is 70.7 Å². The lowest BCUT2D eigenvalue weighted by molar-refractivity contribution is 0.635. The Morgan fingerprint density at radius 1 is 0.950 bits per heavy atom. The van der Waals surface area contributed by atoms with Crippen molar-refractivity contribution in [3.63, 3.8) is 0 Å². The monoisotopic (exact) mass is 307 g/mol. The molecule has 1 N–H and O–H groups in total. The van der Waals surface area contributed by atoms with Crippen LogP contribution >= 0.6 is 24.2 Å². The lowest BCUT2D eigenvalue weighted by Crippen LogP contribution is -2.24. The summed E-state index contributed by atoms with van der Waals surface area (Å²) in [5, 5.41) is 4.27. The SMILES string of the molecule is CC.SCCNC(c1ccccc1)c1ccc(Cl)cc1. The van der Waals surface area contributed by atoms with Gasteiger partial charge in [0, 0.05) is 17.3 Å². The molecule has 3 heteroatoms. The Labute approximate surface area is 132 Å². The molecule has 2 aromatic carbocycles. The number of thiol groups is 1. The first-order valence-electron chi connectivity index (χ1n) is 6.96. The lowest BCUT2D eigenvalue weighted by atomic mass is 9.99. The van der Waals surface area contributed by atoms with Crippen molar-refractivity contribution in [2.45, 2.75) is 19.9 Å². The number of benzene rings is 2. The Morgan fingerprint density at radius 2 is 1.50 bits per heavy atom. The molecule has 0 saturated heterocycles. The van der Waals surface area contributed by atoms with Gasteiger partial charge in [0.1, 0.15) is 0 Å². The van der Waals surface area contributed by atoms with E-state index in [-0.39, 0.29) is 6.04 Å². The summed E-state index contributed by atoms with van der Waals surface area (Å²) in [6.45, 7) is 4.87.